The van der Waals surface area contributed by atoms with Gasteiger partial charge in [0.25, 0.3) is 5.91 Å². The zero-order chi connectivity index (χ0) is 20.5. The lowest BCUT2D eigenvalue weighted by Gasteiger charge is -2.19. The van der Waals surface area contributed by atoms with Crippen molar-refractivity contribution in [2.45, 2.75) is 25.4 Å². The average Bonchev–Trinajstić information content (AvgIpc) is 3.44. The maximum absolute atomic E-state index is 12.6. The molecule has 7 nitrogen and oxygen atoms in total. The minimum absolute atomic E-state index is 0.0541. The minimum Gasteiger partial charge on any atom is -0.391 e. The Morgan fingerprint density at radius 2 is 1.87 bits per heavy atom. The first-order valence-electron chi connectivity index (χ1n) is 10.6. The van der Waals surface area contributed by atoms with E-state index in [2.05, 4.69) is 16.0 Å². The van der Waals surface area contributed by atoms with E-state index in [4.69, 9.17) is 4.98 Å². The van der Waals surface area contributed by atoms with Gasteiger partial charge in [0.2, 0.25) is 0 Å². The second kappa shape index (κ2) is 7.99. The highest BCUT2D eigenvalue weighted by atomic mass is 16.3. The summed E-state index contributed by atoms with van der Waals surface area (Å²) in [5.41, 5.74) is 2.32. The zero-order valence-electron chi connectivity index (χ0n) is 16.8. The first-order chi connectivity index (χ1) is 14.7. The molecular weight excluding hydrogens is 378 g/mol. The van der Waals surface area contributed by atoms with E-state index >= 15 is 0 Å². The fourth-order valence-electron chi connectivity index (χ4n) is 4.43. The van der Waals surface area contributed by atoms with Crippen LogP contribution >= 0.6 is 0 Å². The third-order valence-corrected chi connectivity index (χ3v) is 6.09. The van der Waals surface area contributed by atoms with Gasteiger partial charge in [-0.05, 0) is 31.4 Å². The SMILES string of the molecule is O=C(c1cncc(N2C[C@@H](Cc3ccc4ccccc4n3)[C@H](O)C2)n1)N1CCCC1. The van der Waals surface area contributed by atoms with E-state index in [1.54, 1.807) is 6.20 Å². The standard InChI is InChI=1S/C23H25N5O2/c29-21-15-28(22-13-24-12-20(26-22)23(30)27-9-3-4-10-27)14-17(21)11-18-8-7-16-5-1-2-6-19(16)25-18/h1-2,5-8,12-13,17,21,29H,3-4,9-11,14-15H2/t17-,21-/m1/s1. The normalized spacial score (nSPS) is 21.5. The first kappa shape index (κ1) is 18.9. The summed E-state index contributed by atoms with van der Waals surface area (Å²) < 4.78 is 0. The summed E-state index contributed by atoms with van der Waals surface area (Å²) in [5, 5.41) is 11.8. The van der Waals surface area contributed by atoms with Crippen LogP contribution in [0.2, 0.25) is 0 Å². The number of carbonyl (C=O) groups excluding carboxylic acids is 1. The molecule has 2 atom stereocenters. The molecule has 0 bridgehead atoms. The van der Waals surface area contributed by atoms with Crippen LogP contribution in [0.5, 0.6) is 0 Å². The quantitative estimate of drug-likeness (QED) is 0.720. The number of aromatic nitrogens is 3. The number of para-hydroxylation sites is 1. The van der Waals surface area contributed by atoms with Gasteiger partial charge in [-0.25, -0.2) is 4.98 Å². The number of hydrogen-bond acceptors (Lipinski definition) is 6. The molecule has 2 aliphatic rings. The molecule has 1 N–H and O–H groups in total. The van der Waals surface area contributed by atoms with Crippen LogP contribution in [0.1, 0.15) is 29.0 Å². The Hall–Kier alpha value is -3.06. The molecule has 2 fully saturated rings. The lowest BCUT2D eigenvalue weighted by Crippen LogP contribution is -2.29. The molecule has 0 saturated carbocycles. The van der Waals surface area contributed by atoms with Gasteiger partial charge < -0.3 is 14.9 Å². The number of aliphatic hydroxyl groups is 1. The number of nitrogens with zero attached hydrogens (tertiary/aromatic N) is 5. The number of β-amino-alcohol motifs (C(OH)–C–C–N with tert-alkyl or cyclic N) is 1. The molecule has 2 aliphatic heterocycles. The van der Waals surface area contributed by atoms with E-state index in [-0.39, 0.29) is 11.8 Å². The Bertz CT molecular complexity index is 1070. The van der Waals surface area contributed by atoms with E-state index in [0.717, 1.165) is 42.5 Å². The average molecular weight is 403 g/mol. The molecular formula is C23H25N5O2. The highest BCUT2D eigenvalue weighted by molar-refractivity contribution is 5.92. The van der Waals surface area contributed by atoms with Crippen molar-refractivity contribution in [2.24, 2.45) is 5.92 Å². The number of pyridine rings is 1. The lowest BCUT2D eigenvalue weighted by molar-refractivity contribution is 0.0786. The van der Waals surface area contributed by atoms with Crippen molar-refractivity contribution in [2.75, 3.05) is 31.1 Å². The summed E-state index contributed by atoms with van der Waals surface area (Å²) in [6, 6.07) is 12.2. The number of aliphatic hydroxyl groups excluding tert-OH is 1. The topological polar surface area (TPSA) is 82.5 Å². The van der Waals surface area contributed by atoms with Crippen molar-refractivity contribution in [1.82, 2.24) is 19.9 Å². The number of amides is 1. The molecule has 0 radical (unpaired) electrons. The number of hydrogen-bond donors (Lipinski definition) is 1. The summed E-state index contributed by atoms with van der Waals surface area (Å²) in [7, 11) is 0. The van der Waals surface area contributed by atoms with Gasteiger partial charge in [0, 0.05) is 43.2 Å². The Kier molecular flexibility index (Phi) is 5.04. The smallest absolute Gasteiger partial charge is 0.274 e. The number of likely N-dealkylation sites (tertiary alicyclic amines) is 1. The van der Waals surface area contributed by atoms with Crippen molar-refractivity contribution in [3.8, 4) is 0 Å². The molecule has 0 spiro atoms. The number of benzene rings is 1. The largest absolute Gasteiger partial charge is 0.391 e. The third kappa shape index (κ3) is 3.73. The second-order valence-corrected chi connectivity index (χ2v) is 8.19. The summed E-state index contributed by atoms with van der Waals surface area (Å²) in [4.78, 5) is 30.0. The highest BCUT2D eigenvalue weighted by Gasteiger charge is 2.33. The fourth-order valence-corrected chi connectivity index (χ4v) is 4.43. The number of carbonyl (C=O) groups is 1. The first-order valence-corrected chi connectivity index (χ1v) is 10.6. The van der Waals surface area contributed by atoms with Gasteiger partial charge >= 0.3 is 0 Å². The molecule has 4 heterocycles. The van der Waals surface area contributed by atoms with Gasteiger partial charge in [-0.2, -0.15) is 0 Å². The number of rotatable bonds is 4. The summed E-state index contributed by atoms with van der Waals surface area (Å²) in [5.74, 6) is 0.643. The van der Waals surface area contributed by atoms with E-state index in [1.165, 1.54) is 6.20 Å². The maximum Gasteiger partial charge on any atom is 0.274 e. The molecule has 7 heteroatoms. The monoisotopic (exact) mass is 403 g/mol. The molecule has 5 rings (SSSR count). The van der Waals surface area contributed by atoms with E-state index < -0.39 is 6.10 Å². The van der Waals surface area contributed by atoms with Gasteiger partial charge in [-0.3, -0.25) is 14.8 Å². The molecule has 3 aromatic rings. The van der Waals surface area contributed by atoms with Crippen LogP contribution in [0.25, 0.3) is 10.9 Å². The number of fused-ring (bicyclic) bond motifs is 1. The van der Waals surface area contributed by atoms with Gasteiger partial charge in [0.15, 0.2) is 0 Å². The van der Waals surface area contributed by atoms with Crippen LogP contribution in [0.4, 0.5) is 5.82 Å². The summed E-state index contributed by atoms with van der Waals surface area (Å²) in [6.07, 6.45) is 5.51. The van der Waals surface area contributed by atoms with Crippen LogP contribution in [0.15, 0.2) is 48.8 Å². The van der Waals surface area contributed by atoms with Crippen LogP contribution < -0.4 is 4.90 Å². The second-order valence-electron chi connectivity index (χ2n) is 8.19. The molecule has 30 heavy (non-hydrogen) atoms. The lowest BCUT2D eigenvalue weighted by atomic mass is 9.99. The Morgan fingerprint density at radius 3 is 2.73 bits per heavy atom. The van der Waals surface area contributed by atoms with Gasteiger partial charge in [-0.1, -0.05) is 24.3 Å². The number of anilines is 1. The maximum atomic E-state index is 12.6. The fraction of sp³-hybridized carbons (Fsp3) is 0.391. The summed E-state index contributed by atoms with van der Waals surface area (Å²) >= 11 is 0. The van der Waals surface area contributed by atoms with Crippen LogP contribution in [-0.2, 0) is 6.42 Å². The molecule has 0 aliphatic carbocycles. The third-order valence-electron chi connectivity index (χ3n) is 6.09. The van der Waals surface area contributed by atoms with Crippen molar-refractivity contribution in [1.29, 1.82) is 0 Å². The molecule has 1 aromatic carbocycles. The van der Waals surface area contributed by atoms with Crippen molar-refractivity contribution >= 4 is 22.6 Å². The molecule has 2 saturated heterocycles. The van der Waals surface area contributed by atoms with Gasteiger partial charge in [0.05, 0.1) is 24.0 Å². The predicted molar refractivity (Wildman–Crippen MR) is 114 cm³/mol. The highest BCUT2D eigenvalue weighted by Crippen LogP contribution is 2.26. The Balaban J connectivity index is 1.30. The van der Waals surface area contributed by atoms with Gasteiger partial charge in [0.1, 0.15) is 11.5 Å². The minimum atomic E-state index is -0.474. The van der Waals surface area contributed by atoms with Crippen LogP contribution in [0, 0.1) is 5.92 Å². The Morgan fingerprint density at radius 1 is 1.03 bits per heavy atom. The molecule has 0 unspecified atom stereocenters. The predicted octanol–water partition coefficient (Wildman–Crippen LogP) is 2.30. The van der Waals surface area contributed by atoms with Crippen molar-refractivity contribution < 1.29 is 9.90 Å². The zero-order valence-corrected chi connectivity index (χ0v) is 16.8. The molecule has 154 valence electrons. The molecule has 1 amide bonds. The van der Waals surface area contributed by atoms with Crippen molar-refractivity contribution in [3.05, 3.63) is 60.2 Å². The Labute approximate surface area is 175 Å². The van der Waals surface area contributed by atoms with Crippen molar-refractivity contribution in [3.63, 3.8) is 0 Å². The van der Waals surface area contributed by atoms with Crippen LogP contribution in [0.3, 0.4) is 0 Å². The summed E-state index contributed by atoms with van der Waals surface area (Å²) in [6.45, 7) is 2.71. The molecule has 2 aromatic heterocycles. The van der Waals surface area contributed by atoms with E-state index in [1.807, 2.05) is 40.1 Å². The van der Waals surface area contributed by atoms with Crippen LogP contribution in [-0.4, -0.2) is 63.1 Å². The van der Waals surface area contributed by atoms with E-state index in [9.17, 15) is 9.90 Å². The van der Waals surface area contributed by atoms with E-state index in [0.29, 0.717) is 31.0 Å². The van der Waals surface area contributed by atoms with Gasteiger partial charge in [-0.15, -0.1) is 0 Å².